The van der Waals surface area contributed by atoms with Crippen molar-refractivity contribution in [3.8, 4) is 11.5 Å². The van der Waals surface area contributed by atoms with Crippen molar-refractivity contribution in [2.75, 3.05) is 25.1 Å². The van der Waals surface area contributed by atoms with E-state index in [2.05, 4.69) is 21.2 Å². The molecule has 0 aliphatic carbocycles. The van der Waals surface area contributed by atoms with Gasteiger partial charge in [0.05, 0.1) is 12.8 Å². The van der Waals surface area contributed by atoms with Crippen LogP contribution in [0.5, 0.6) is 11.5 Å². The molecule has 2 aromatic rings. The second kappa shape index (κ2) is 11.8. The van der Waals surface area contributed by atoms with E-state index in [1.807, 2.05) is 25.1 Å². The third kappa shape index (κ3) is 7.27. The van der Waals surface area contributed by atoms with Gasteiger partial charge in [-0.05, 0) is 49.7 Å². The average molecular weight is 412 g/mol. The Kier molecular flexibility index (Phi) is 8.85. The second-order valence-electron chi connectivity index (χ2n) is 5.90. The molecule has 2 aromatic carbocycles. The number of likely N-dealkylation sites (N-methyl/N-ethyl adjacent to an activating group) is 1. The lowest BCUT2D eigenvalue weighted by Gasteiger charge is -2.12. The third-order valence-electron chi connectivity index (χ3n) is 3.61. The number of hydrazone groups is 1. The zero-order valence-electron chi connectivity index (χ0n) is 16.8. The van der Waals surface area contributed by atoms with Gasteiger partial charge in [-0.1, -0.05) is 18.2 Å². The second-order valence-corrected chi connectivity index (χ2v) is 5.90. The first-order chi connectivity index (χ1) is 14.5. The van der Waals surface area contributed by atoms with Gasteiger partial charge in [0.2, 0.25) is 0 Å². The molecule has 2 rings (SSSR count). The molecule has 0 bridgehead atoms. The smallest absolute Gasteiger partial charge is 0.329 e. The van der Waals surface area contributed by atoms with Gasteiger partial charge >= 0.3 is 11.8 Å². The normalized spacial score (nSPS) is 10.3. The van der Waals surface area contributed by atoms with Gasteiger partial charge in [-0.3, -0.25) is 14.4 Å². The number of carbonyl (C=O) groups excluding carboxylic acids is 3. The van der Waals surface area contributed by atoms with E-state index < -0.39 is 11.8 Å². The zero-order valence-corrected chi connectivity index (χ0v) is 16.8. The Balaban J connectivity index is 1.96. The van der Waals surface area contributed by atoms with Crippen LogP contribution >= 0.6 is 0 Å². The lowest BCUT2D eigenvalue weighted by atomic mass is 10.2. The predicted octanol–water partition coefficient (Wildman–Crippen LogP) is 1.69. The van der Waals surface area contributed by atoms with E-state index in [0.29, 0.717) is 35.9 Å². The van der Waals surface area contributed by atoms with Crippen molar-refractivity contribution in [3.63, 3.8) is 0 Å². The number of hydrogen-bond acceptors (Lipinski definition) is 6. The van der Waals surface area contributed by atoms with Gasteiger partial charge in [-0.2, -0.15) is 5.10 Å². The van der Waals surface area contributed by atoms with Gasteiger partial charge in [-0.15, -0.1) is 0 Å². The third-order valence-corrected chi connectivity index (χ3v) is 3.61. The Hall–Kier alpha value is -3.88. The summed E-state index contributed by atoms with van der Waals surface area (Å²) < 4.78 is 11.1. The Labute approximate surface area is 174 Å². The summed E-state index contributed by atoms with van der Waals surface area (Å²) in [6.45, 7) is 4.07. The number of para-hydroxylation sites is 1. The quantitative estimate of drug-likeness (QED) is 0.329. The van der Waals surface area contributed by atoms with Crippen LogP contribution in [0, 0.1) is 0 Å². The molecule has 0 atom stereocenters. The van der Waals surface area contributed by atoms with Crippen molar-refractivity contribution in [2.45, 2.75) is 13.8 Å². The first kappa shape index (κ1) is 22.4. The zero-order chi connectivity index (χ0) is 21.8. The van der Waals surface area contributed by atoms with Crippen LogP contribution in [0.15, 0.2) is 53.6 Å². The Bertz CT molecular complexity index is 900. The van der Waals surface area contributed by atoms with Gasteiger partial charge in [0.1, 0.15) is 0 Å². The molecule has 30 heavy (non-hydrogen) atoms. The Morgan fingerprint density at radius 3 is 2.43 bits per heavy atom. The fraction of sp³-hybridized carbons (Fsp3) is 0.238. The van der Waals surface area contributed by atoms with Crippen molar-refractivity contribution < 1.29 is 23.9 Å². The van der Waals surface area contributed by atoms with E-state index in [4.69, 9.17) is 9.47 Å². The van der Waals surface area contributed by atoms with Crippen LogP contribution in [0.1, 0.15) is 19.4 Å². The summed E-state index contributed by atoms with van der Waals surface area (Å²) in [5, 5.41) is 8.86. The molecule has 0 radical (unpaired) electrons. The fourth-order valence-electron chi connectivity index (χ4n) is 2.31. The maximum absolute atomic E-state index is 12.1. The molecule has 9 heteroatoms. The molecule has 0 aliphatic rings. The number of ether oxygens (including phenoxy) is 2. The van der Waals surface area contributed by atoms with E-state index in [1.165, 1.54) is 6.21 Å². The average Bonchev–Trinajstić information content (AvgIpc) is 2.74. The molecule has 3 amide bonds. The topological polar surface area (TPSA) is 118 Å². The van der Waals surface area contributed by atoms with Crippen molar-refractivity contribution in [1.29, 1.82) is 0 Å². The number of benzene rings is 2. The highest BCUT2D eigenvalue weighted by Crippen LogP contribution is 2.28. The summed E-state index contributed by atoms with van der Waals surface area (Å²) in [4.78, 5) is 34.9. The molecule has 0 unspecified atom stereocenters. The van der Waals surface area contributed by atoms with Crippen LogP contribution in [-0.4, -0.2) is 43.7 Å². The molecule has 0 heterocycles. The molecule has 9 nitrogen and oxygen atoms in total. The summed E-state index contributed by atoms with van der Waals surface area (Å²) in [6.07, 6.45) is 1.37. The van der Waals surface area contributed by atoms with Crippen LogP contribution in [0.2, 0.25) is 0 Å². The van der Waals surface area contributed by atoms with Crippen LogP contribution < -0.4 is 25.5 Å². The summed E-state index contributed by atoms with van der Waals surface area (Å²) in [7, 11) is 0. The van der Waals surface area contributed by atoms with Crippen LogP contribution in [0.4, 0.5) is 5.69 Å². The largest absolute Gasteiger partial charge is 0.490 e. The summed E-state index contributed by atoms with van der Waals surface area (Å²) in [6, 6.07) is 14.0. The predicted molar refractivity (Wildman–Crippen MR) is 113 cm³/mol. The number of rotatable bonds is 9. The van der Waals surface area contributed by atoms with Crippen LogP contribution in [0.25, 0.3) is 0 Å². The minimum absolute atomic E-state index is 0.189. The molecule has 3 N–H and O–H groups in total. The minimum atomic E-state index is -0.859. The highest BCUT2D eigenvalue weighted by atomic mass is 16.5. The van der Waals surface area contributed by atoms with Gasteiger partial charge < -0.3 is 20.1 Å². The highest BCUT2D eigenvalue weighted by molar-refractivity contribution is 6.35. The number of nitrogens with zero attached hydrogens (tertiary/aromatic N) is 1. The molecule has 158 valence electrons. The summed E-state index contributed by atoms with van der Waals surface area (Å²) in [5.74, 6) is -1.11. The molecule has 0 spiro atoms. The first-order valence-corrected chi connectivity index (χ1v) is 9.39. The lowest BCUT2D eigenvalue weighted by molar-refractivity contribution is -0.139. The van der Waals surface area contributed by atoms with Gasteiger partial charge in [0, 0.05) is 12.2 Å². The van der Waals surface area contributed by atoms with Crippen LogP contribution in [-0.2, 0) is 14.4 Å². The number of anilines is 1. The van der Waals surface area contributed by atoms with E-state index in [9.17, 15) is 14.4 Å². The van der Waals surface area contributed by atoms with Crippen LogP contribution in [0.3, 0.4) is 0 Å². The number of nitrogens with one attached hydrogen (secondary N) is 3. The van der Waals surface area contributed by atoms with Gasteiger partial charge in [0.25, 0.3) is 5.91 Å². The van der Waals surface area contributed by atoms with Gasteiger partial charge in [-0.25, -0.2) is 5.43 Å². The molecule has 0 saturated heterocycles. The monoisotopic (exact) mass is 412 g/mol. The van der Waals surface area contributed by atoms with Crippen molar-refractivity contribution in [1.82, 2.24) is 10.7 Å². The molecule has 0 saturated carbocycles. The molecular formula is C21H24N4O5. The van der Waals surface area contributed by atoms with E-state index in [-0.39, 0.29) is 12.5 Å². The number of carbonyl (C=O) groups is 3. The van der Waals surface area contributed by atoms with E-state index in [0.717, 1.165) is 0 Å². The maximum Gasteiger partial charge on any atom is 0.329 e. The lowest BCUT2D eigenvalue weighted by Crippen LogP contribution is -2.37. The van der Waals surface area contributed by atoms with E-state index >= 15 is 0 Å². The molecule has 0 fully saturated rings. The first-order valence-electron chi connectivity index (χ1n) is 9.39. The summed E-state index contributed by atoms with van der Waals surface area (Å²) >= 11 is 0. The SMILES string of the molecule is CCNC(=O)C(=O)N/N=C\c1ccc(OCC(=O)Nc2ccccc2)c(OCC)c1. The summed E-state index contributed by atoms with van der Waals surface area (Å²) in [5.41, 5.74) is 3.42. The molecular weight excluding hydrogens is 388 g/mol. The maximum atomic E-state index is 12.1. The molecule has 0 aromatic heterocycles. The van der Waals surface area contributed by atoms with Crippen molar-refractivity contribution in [3.05, 3.63) is 54.1 Å². The van der Waals surface area contributed by atoms with Gasteiger partial charge in [0.15, 0.2) is 18.1 Å². The number of hydrogen-bond donors (Lipinski definition) is 3. The molecule has 0 aliphatic heterocycles. The highest BCUT2D eigenvalue weighted by Gasteiger charge is 2.11. The fourth-order valence-corrected chi connectivity index (χ4v) is 2.31. The Morgan fingerprint density at radius 1 is 0.967 bits per heavy atom. The van der Waals surface area contributed by atoms with E-state index in [1.54, 1.807) is 37.3 Å². The standard InChI is InChI=1S/C21H24N4O5/c1-3-22-20(27)21(28)25-23-13-15-10-11-17(18(12-15)29-4-2)30-14-19(26)24-16-8-6-5-7-9-16/h5-13H,3-4,14H2,1-2H3,(H,22,27)(H,24,26)(H,25,28)/b23-13-. The Morgan fingerprint density at radius 2 is 1.73 bits per heavy atom. The number of amides is 3. The minimum Gasteiger partial charge on any atom is -0.490 e. The van der Waals surface area contributed by atoms with Crippen molar-refractivity contribution in [2.24, 2.45) is 5.10 Å². The van der Waals surface area contributed by atoms with Crippen molar-refractivity contribution >= 4 is 29.6 Å².